The number of aliphatic hydroxyl groups excluding tert-OH is 1. The second kappa shape index (κ2) is 26.7. The molecule has 6 heteroatoms. The number of hydrogen-bond acceptors (Lipinski definition) is 5. The molecule has 0 heterocycles. The quantitative estimate of drug-likeness (QED) is 0.0401. The van der Waals surface area contributed by atoms with Crippen LogP contribution in [0, 0.1) is 0 Å². The van der Waals surface area contributed by atoms with Crippen LogP contribution in [0.3, 0.4) is 0 Å². The van der Waals surface area contributed by atoms with Crippen molar-refractivity contribution in [3.05, 3.63) is 12.2 Å². The van der Waals surface area contributed by atoms with Crippen molar-refractivity contribution in [2.24, 2.45) is 0 Å². The molecule has 0 fully saturated rings. The summed E-state index contributed by atoms with van der Waals surface area (Å²) in [5.74, 6) is -0.779. The fourth-order valence-electron chi connectivity index (χ4n) is 5.64. The van der Waals surface area contributed by atoms with Crippen molar-refractivity contribution in [1.82, 2.24) is 0 Å². The Kier molecular flexibility index (Phi) is 26.1. The van der Waals surface area contributed by atoms with E-state index in [1.165, 1.54) is 134 Å². The van der Waals surface area contributed by atoms with Crippen LogP contribution in [-0.2, 0) is 19.1 Å². The van der Waals surface area contributed by atoms with Crippen molar-refractivity contribution in [3.8, 4) is 0 Å². The molecule has 242 valence electrons. The van der Waals surface area contributed by atoms with E-state index in [0.29, 0.717) is 12.1 Å². The molecule has 0 aliphatic rings. The number of unbranched alkanes of at least 4 members (excludes halogenated alkanes) is 15. The van der Waals surface area contributed by atoms with Gasteiger partial charge in [0.15, 0.2) is 0 Å². The van der Waals surface area contributed by atoms with E-state index in [-0.39, 0.29) is 24.8 Å². The largest absolute Gasteiger partial charge is 0.463 e. The highest BCUT2D eigenvalue weighted by atomic mass is 31.2. The topological polar surface area (TPSA) is 72.8 Å². The van der Waals surface area contributed by atoms with Crippen LogP contribution in [0.2, 0.25) is 0 Å². The number of ether oxygens (including phenoxy) is 2. The SMILES string of the molecule is C=C(C)C(=O)OCC(O)COC(=O)CC(C)[P+](CCCCCCCC)(CCCCCCCC)CCCCCCCC. The van der Waals surface area contributed by atoms with Crippen LogP contribution in [0.1, 0.15) is 157 Å². The van der Waals surface area contributed by atoms with E-state index in [1.807, 2.05) is 0 Å². The normalized spacial score (nSPS) is 13.1. The van der Waals surface area contributed by atoms with E-state index >= 15 is 0 Å². The predicted octanol–water partition coefficient (Wildman–Crippen LogP) is 9.89. The first-order valence-electron chi connectivity index (χ1n) is 17.2. The van der Waals surface area contributed by atoms with Crippen molar-refractivity contribution in [1.29, 1.82) is 0 Å². The lowest BCUT2D eigenvalue weighted by Crippen LogP contribution is -2.28. The molecule has 0 spiro atoms. The first-order chi connectivity index (χ1) is 19.7. The fraction of sp³-hybridized carbons (Fsp3) is 0.886. The van der Waals surface area contributed by atoms with Crippen molar-refractivity contribution in [2.45, 2.75) is 168 Å². The molecule has 0 bridgehead atoms. The molecule has 1 N–H and O–H groups in total. The monoisotopic (exact) mass is 599 g/mol. The van der Waals surface area contributed by atoms with Gasteiger partial charge in [-0.1, -0.05) is 104 Å². The third-order valence-electron chi connectivity index (χ3n) is 8.46. The van der Waals surface area contributed by atoms with Gasteiger partial charge in [-0.2, -0.15) is 0 Å². The summed E-state index contributed by atoms with van der Waals surface area (Å²) in [6.07, 6.45) is 26.9. The van der Waals surface area contributed by atoms with Crippen LogP contribution in [0.5, 0.6) is 0 Å². The minimum absolute atomic E-state index is 0.146. The van der Waals surface area contributed by atoms with Crippen molar-refractivity contribution in [3.63, 3.8) is 0 Å². The third kappa shape index (κ3) is 21.4. The Bertz CT molecular complexity index is 624. The van der Waals surface area contributed by atoms with Crippen LogP contribution >= 0.6 is 7.26 Å². The van der Waals surface area contributed by atoms with E-state index in [9.17, 15) is 14.7 Å². The smallest absolute Gasteiger partial charge is 0.333 e. The molecule has 0 aliphatic carbocycles. The molecular formula is C35H68O5P+. The summed E-state index contributed by atoms with van der Waals surface area (Å²) < 4.78 is 10.5. The molecular weight excluding hydrogens is 531 g/mol. The number of carbonyl (C=O) groups excluding carboxylic acids is 2. The van der Waals surface area contributed by atoms with Gasteiger partial charge in [-0.3, -0.25) is 4.79 Å². The standard InChI is InChI=1S/C35H68O5P/c1-7-10-13-16-19-22-25-41(26-23-20-17-14-11-8-2,27-24-21-18-15-12-9-3)32(6)28-34(37)39-29-33(36)30-40-35(38)31(4)5/h32-33,36H,4,7-30H2,1-3,5-6H3/q+1. The van der Waals surface area contributed by atoms with Gasteiger partial charge in [-0.15, -0.1) is 0 Å². The maximum Gasteiger partial charge on any atom is 0.333 e. The van der Waals surface area contributed by atoms with E-state index in [0.717, 1.165) is 0 Å². The lowest BCUT2D eigenvalue weighted by atomic mass is 10.1. The van der Waals surface area contributed by atoms with E-state index in [1.54, 1.807) is 6.92 Å². The Morgan fingerprint density at radius 1 is 0.659 bits per heavy atom. The average Bonchev–Trinajstić information content (AvgIpc) is 2.95. The lowest BCUT2D eigenvalue weighted by Gasteiger charge is -2.33. The molecule has 5 nitrogen and oxygen atoms in total. The van der Waals surface area contributed by atoms with Crippen molar-refractivity contribution < 1.29 is 24.2 Å². The minimum Gasteiger partial charge on any atom is -0.463 e. The Morgan fingerprint density at radius 3 is 1.41 bits per heavy atom. The Balaban J connectivity index is 5.28. The zero-order valence-corrected chi connectivity index (χ0v) is 28.8. The molecule has 0 saturated carbocycles. The molecule has 0 amide bonds. The zero-order valence-electron chi connectivity index (χ0n) is 27.9. The molecule has 2 unspecified atom stereocenters. The van der Waals surface area contributed by atoms with Gasteiger partial charge in [0.25, 0.3) is 0 Å². The van der Waals surface area contributed by atoms with Gasteiger partial charge in [0.2, 0.25) is 0 Å². The molecule has 0 aromatic carbocycles. The van der Waals surface area contributed by atoms with Gasteiger partial charge in [-0.25, -0.2) is 4.79 Å². The van der Waals surface area contributed by atoms with Crippen LogP contribution in [0.4, 0.5) is 0 Å². The van der Waals surface area contributed by atoms with Gasteiger partial charge in [0.05, 0.1) is 30.6 Å². The van der Waals surface area contributed by atoms with Crippen LogP contribution < -0.4 is 0 Å². The first-order valence-corrected chi connectivity index (χ1v) is 19.7. The number of carbonyl (C=O) groups is 2. The van der Waals surface area contributed by atoms with Gasteiger partial charge < -0.3 is 14.6 Å². The number of hydrogen-bond donors (Lipinski definition) is 1. The summed E-state index contributed by atoms with van der Waals surface area (Å²) >= 11 is 0. The fourth-order valence-corrected chi connectivity index (χ4v) is 10.7. The Hall–Kier alpha value is -0.930. The highest BCUT2D eigenvalue weighted by Gasteiger charge is 2.42. The molecule has 0 aromatic rings. The highest BCUT2D eigenvalue weighted by Crippen LogP contribution is 2.65. The zero-order chi connectivity index (χ0) is 30.8. The summed E-state index contributed by atoms with van der Waals surface area (Å²) in [5, 5.41) is 10.2. The molecule has 41 heavy (non-hydrogen) atoms. The Labute approximate surface area is 255 Å². The highest BCUT2D eigenvalue weighted by molar-refractivity contribution is 7.76. The van der Waals surface area contributed by atoms with E-state index in [2.05, 4.69) is 34.3 Å². The van der Waals surface area contributed by atoms with Gasteiger partial charge in [0.1, 0.15) is 19.3 Å². The summed E-state index contributed by atoms with van der Waals surface area (Å²) in [7, 11) is -1.33. The predicted molar refractivity (Wildman–Crippen MR) is 178 cm³/mol. The maximum atomic E-state index is 13.0. The summed E-state index contributed by atoms with van der Waals surface area (Å²) in [5.41, 5.74) is 0.625. The number of esters is 2. The van der Waals surface area contributed by atoms with E-state index in [4.69, 9.17) is 9.47 Å². The summed E-state index contributed by atoms with van der Waals surface area (Å²) in [6.45, 7) is 13.9. The van der Waals surface area contributed by atoms with Crippen LogP contribution in [0.25, 0.3) is 0 Å². The molecule has 0 aliphatic heterocycles. The molecule has 0 aromatic heterocycles. The molecule has 0 saturated heterocycles. The van der Waals surface area contributed by atoms with Crippen molar-refractivity contribution in [2.75, 3.05) is 31.7 Å². The summed E-state index contributed by atoms with van der Waals surface area (Å²) in [6, 6.07) is 0. The number of rotatable bonds is 29. The van der Waals surface area contributed by atoms with Gasteiger partial charge in [-0.05, 0) is 52.4 Å². The average molecular weight is 600 g/mol. The number of aliphatic hydroxyl groups is 1. The first kappa shape index (κ1) is 40.1. The molecule has 2 atom stereocenters. The Morgan fingerprint density at radius 2 is 1.02 bits per heavy atom. The van der Waals surface area contributed by atoms with Crippen LogP contribution in [0.15, 0.2) is 12.2 Å². The van der Waals surface area contributed by atoms with Gasteiger partial charge >= 0.3 is 11.9 Å². The van der Waals surface area contributed by atoms with Crippen molar-refractivity contribution >= 4 is 19.2 Å². The van der Waals surface area contributed by atoms with Gasteiger partial charge in [0, 0.05) is 12.8 Å². The molecule has 0 rings (SSSR count). The maximum absolute atomic E-state index is 13.0. The minimum atomic E-state index is -1.33. The second-order valence-corrected chi connectivity index (χ2v) is 17.1. The lowest BCUT2D eigenvalue weighted by molar-refractivity contribution is -0.150. The third-order valence-corrected chi connectivity index (χ3v) is 14.1. The summed E-state index contributed by atoms with van der Waals surface area (Å²) in [4.78, 5) is 24.5. The molecule has 0 radical (unpaired) electrons. The van der Waals surface area contributed by atoms with Crippen LogP contribution in [-0.4, -0.2) is 60.5 Å². The van der Waals surface area contributed by atoms with E-state index < -0.39 is 19.3 Å². The second-order valence-electron chi connectivity index (χ2n) is 12.5.